The molecule has 1 aromatic heterocycles. The van der Waals surface area contributed by atoms with Crippen molar-refractivity contribution in [3.8, 4) is 17.0 Å². The van der Waals surface area contributed by atoms with Crippen molar-refractivity contribution in [2.24, 2.45) is 7.05 Å². The zero-order valence-electron chi connectivity index (χ0n) is 8.11. The van der Waals surface area contributed by atoms with E-state index in [2.05, 4.69) is 5.10 Å². The maximum Gasteiger partial charge on any atom is 0.125 e. The van der Waals surface area contributed by atoms with Gasteiger partial charge in [0.2, 0.25) is 0 Å². The summed E-state index contributed by atoms with van der Waals surface area (Å²) in [4.78, 5) is 0. The van der Waals surface area contributed by atoms with Crippen molar-refractivity contribution < 1.29 is 9.50 Å². The van der Waals surface area contributed by atoms with Gasteiger partial charge in [0.05, 0.1) is 5.69 Å². The van der Waals surface area contributed by atoms with Gasteiger partial charge < -0.3 is 10.8 Å². The van der Waals surface area contributed by atoms with Crippen molar-refractivity contribution in [2.75, 3.05) is 5.73 Å². The van der Waals surface area contributed by atoms with Crippen molar-refractivity contribution in [3.63, 3.8) is 0 Å². The average molecular weight is 207 g/mol. The van der Waals surface area contributed by atoms with Crippen LogP contribution in [0.4, 0.5) is 10.2 Å². The van der Waals surface area contributed by atoms with E-state index in [1.807, 2.05) is 0 Å². The Morgan fingerprint density at radius 2 is 2.13 bits per heavy atom. The summed E-state index contributed by atoms with van der Waals surface area (Å²) in [6, 6.07) is 5.27. The van der Waals surface area contributed by atoms with Crippen molar-refractivity contribution in [1.82, 2.24) is 9.78 Å². The molecule has 3 N–H and O–H groups in total. The first-order chi connectivity index (χ1) is 7.08. The molecule has 0 saturated heterocycles. The second-order valence-electron chi connectivity index (χ2n) is 3.24. The Balaban J connectivity index is 2.58. The van der Waals surface area contributed by atoms with Gasteiger partial charge in [0.1, 0.15) is 17.4 Å². The molecule has 4 nitrogen and oxygen atoms in total. The summed E-state index contributed by atoms with van der Waals surface area (Å²) < 4.78 is 14.4. The quantitative estimate of drug-likeness (QED) is 0.745. The number of nitrogens with two attached hydrogens (primary N) is 1. The molecule has 2 rings (SSSR count). The lowest BCUT2D eigenvalue weighted by Crippen LogP contribution is -1.96. The van der Waals surface area contributed by atoms with Gasteiger partial charge in [-0.15, -0.1) is 0 Å². The lowest BCUT2D eigenvalue weighted by atomic mass is 10.1. The fraction of sp³-hybridized carbons (Fsp3) is 0.100. The van der Waals surface area contributed by atoms with E-state index in [-0.39, 0.29) is 5.75 Å². The van der Waals surface area contributed by atoms with E-state index >= 15 is 0 Å². The molecule has 0 unspecified atom stereocenters. The number of phenols is 1. The van der Waals surface area contributed by atoms with Gasteiger partial charge in [0, 0.05) is 18.7 Å². The van der Waals surface area contributed by atoms with Crippen LogP contribution in [0.5, 0.6) is 5.75 Å². The molecule has 0 aliphatic heterocycles. The number of nitrogen functional groups attached to an aromatic ring is 1. The lowest BCUT2D eigenvalue weighted by Gasteiger charge is -2.00. The highest BCUT2D eigenvalue weighted by atomic mass is 19.1. The zero-order chi connectivity index (χ0) is 11.0. The van der Waals surface area contributed by atoms with E-state index in [1.165, 1.54) is 22.9 Å². The topological polar surface area (TPSA) is 64.1 Å². The molecule has 0 aliphatic carbocycles. The molecule has 0 bridgehead atoms. The third kappa shape index (κ3) is 1.63. The average Bonchev–Trinajstić information content (AvgIpc) is 2.51. The summed E-state index contributed by atoms with van der Waals surface area (Å²) in [6.45, 7) is 0. The molecule has 2 aromatic rings. The normalized spacial score (nSPS) is 10.5. The Morgan fingerprint density at radius 1 is 1.40 bits per heavy atom. The first kappa shape index (κ1) is 9.51. The van der Waals surface area contributed by atoms with E-state index in [0.717, 1.165) is 0 Å². The first-order valence-corrected chi connectivity index (χ1v) is 4.36. The molecule has 0 spiro atoms. The van der Waals surface area contributed by atoms with Crippen molar-refractivity contribution in [2.45, 2.75) is 0 Å². The summed E-state index contributed by atoms with van der Waals surface area (Å²) in [5, 5.41) is 13.6. The van der Waals surface area contributed by atoms with Crippen LogP contribution in [0.3, 0.4) is 0 Å². The third-order valence-corrected chi connectivity index (χ3v) is 2.15. The maximum absolute atomic E-state index is 13.0. The molecule has 78 valence electrons. The van der Waals surface area contributed by atoms with Gasteiger partial charge in [-0.25, -0.2) is 4.39 Å². The number of hydrogen-bond acceptors (Lipinski definition) is 3. The van der Waals surface area contributed by atoms with Crippen LogP contribution in [0.25, 0.3) is 11.3 Å². The second kappa shape index (κ2) is 3.27. The molecule has 1 heterocycles. The van der Waals surface area contributed by atoms with Crippen molar-refractivity contribution >= 4 is 5.82 Å². The number of halogens is 1. The van der Waals surface area contributed by atoms with Crippen LogP contribution < -0.4 is 5.73 Å². The van der Waals surface area contributed by atoms with Crippen molar-refractivity contribution in [3.05, 3.63) is 30.1 Å². The molecule has 5 heteroatoms. The standard InChI is InChI=1S/C10H10FN3O/c1-14-10(12)5-8(13-14)7-4-6(11)2-3-9(7)15/h2-5,15H,12H2,1H3. The van der Waals surface area contributed by atoms with Gasteiger partial charge in [0.15, 0.2) is 0 Å². The van der Waals surface area contributed by atoms with Gasteiger partial charge in [-0.05, 0) is 18.2 Å². The third-order valence-electron chi connectivity index (χ3n) is 2.15. The predicted octanol–water partition coefficient (Wildman–Crippen LogP) is 1.51. The predicted molar refractivity (Wildman–Crippen MR) is 54.7 cm³/mol. The first-order valence-electron chi connectivity index (χ1n) is 4.36. The van der Waals surface area contributed by atoms with Gasteiger partial charge in [0.25, 0.3) is 0 Å². The summed E-state index contributed by atoms with van der Waals surface area (Å²) >= 11 is 0. The summed E-state index contributed by atoms with van der Waals surface area (Å²) in [7, 11) is 1.68. The van der Waals surface area contributed by atoms with E-state index in [0.29, 0.717) is 17.1 Å². The summed E-state index contributed by atoms with van der Waals surface area (Å²) in [6.07, 6.45) is 0. The highest BCUT2D eigenvalue weighted by Gasteiger charge is 2.10. The molecular weight excluding hydrogens is 197 g/mol. The number of phenolic OH excluding ortho intramolecular Hbond substituents is 1. The Morgan fingerprint density at radius 3 is 2.73 bits per heavy atom. The Bertz CT molecular complexity index is 488. The van der Waals surface area contributed by atoms with Crippen LogP contribution in [0.2, 0.25) is 0 Å². The second-order valence-corrected chi connectivity index (χ2v) is 3.24. The minimum absolute atomic E-state index is 0.0190. The number of aromatic nitrogens is 2. The number of anilines is 1. The molecule has 0 atom stereocenters. The van der Waals surface area contributed by atoms with Gasteiger partial charge in [-0.2, -0.15) is 5.10 Å². The minimum atomic E-state index is -0.424. The van der Waals surface area contributed by atoms with E-state index in [4.69, 9.17) is 5.73 Å². The molecule has 0 fully saturated rings. The van der Waals surface area contributed by atoms with E-state index in [9.17, 15) is 9.50 Å². The van der Waals surface area contributed by atoms with Crippen LogP contribution in [0.15, 0.2) is 24.3 Å². The number of benzene rings is 1. The van der Waals surface area contributed by atoms with E-state index < -0.39 is 5.82 Å². The van der Waals surface area contributed by atoms with Crippen LogP contribution in [-0.2, 0) is 7.05 Å². The molecule has 0 aliphatic rings. The molecular formula is C10H10FN3O. The monoisotopic (exact) mass is 207 g/mol. The van der Waals surface area contributed by atoms with Crippen LogP contribution in [-0.4, -0.2) is 14.9 Å². The molecule has 0 radical (unpaired) electrons. The van der Waals surface area contributed by atoms with Gasteiger partial charge in [-0.3, -0.25) is 4.68 Å². The van der Waals surface area contributed by atoms with E-state index in [1.54, 1.807) is 13.1 Å². The highest BCUT2D eigenvalue weighted by molar-refractivity contribution is 5.68. The smallest absolute Gasteiger partial charge is 0.125 e. The number of aromatic hydroxyl groups is 1. The van der Waals surface area contributed by atoms with Gasteiger partial charge in [-0.1, -0.05) is 0 Å². The largest absolute Gasteiger partial charge is 0.507 e. The number of nitrogens with zero attached hydrogens (tertiary/aromatic N) is 2. The van der Waals surface area contributed by atoms with Crippen LogP contribution >= 0.6 is 0 Å². The van der Waals surface area contributed by atoms with Crippen LogP contribution in [0.1, 0.15) is 0 Å². The van der Waals surface area contributed by atoms with Crippen molar-refractivity contribution in [1.29, 1.82) is 0 Å². The molecule has 0 saturated carbocycles. The number of hydrogen-bond donors (Lipinski definition) is 2. The zero-order valence-corrected chi connectivity index (χ0v) is 8.11. The van der Waals surface area contributed by atoms with Crippen LogP contribution in [0, 0.1) is 5.82 Å². The number of aryl methyl sites for hydroxylation is 1. The fourth-order valence-electron chi connectivity index (χ4n) is 1.33. The SMILES string of the molecule is Cn1nc(-c2cc(F)ccc2O)cc1N. The Labute approximate surface area is 85.8 Å². The minimum Gasteiger partial charge on any atom is -0.507 e. The summed E-state index contributed by atoms with van der Waals surface area (Å²) in [5.74, 6) is 0.00943. The van der Waals surface area contributed by atoms with Gasteiger partial charge >= 0.3 is 0 Å². The number of rotatable bonds is 1. The Kier molecular flexibility index (Phi) is 2.07. The molecule has 0 amide bonds. The maximum atomic E-state index is 13.0. The Hall–Kier alpha value is -2.04. The summed E-state index contributed by atoms with van der Waals surface area (Å²) in [5.41, 5.74) is 6.38. The molecule has 15 heavy (non-hydrogen) atoms. The lowest BCUT2D eigenvalue weighted by molar-refractivity contribution is 0.475. The molecule has 1 aromatic carbocycles. The fourth-order valence-corrected chi connectivity index (χ4v) is 1.33. The highest BCUT2D eigenvalue weighted by Crippen LogP contribution is 2.29.